The summed E-state index contributed by atoms with van der Waals surface area (Å²) in [6.45, 7) is 7.57. The second kappa shape index (κ2) is 7.06. The van der Waals surface area contributed by atoms with Crippen LogP contribution in [0, 0.1) is 0 Å². The Hall–Kier alpha value is -1.38. The number of nitrogens with one attached hydrogen (secondary N) is 1. The van der Waals surface area contributed by atoms with E-state index in [-0.39, 0.29) is 11.6 Å². The van der Waals surface area contributed by atoms with Crippen LogP contribution in [0.4, 0.5) is 0 Å². The minimum atomic E-state index is -0.197. The first-order valence-corrected chi connectivity index (χ1v) is 7.92. The van der Waals surface area contributed by atoms with Gasteiger partial charge in [0.05, 0.1) is 11.6 Å². The van der Waals surface area contributed by atoms with Gasteiger partial charge in [-0.25, -0.2) is 0 Å². The van der Waals surface area contributed by atoms with Crippen molar-refractivity contribution in [2.75, 3.05) is 13.7 Å². The molecule has 1 N–H and O–H groups in total. The zero-order valence-corrected chi connectivity index (χ0v) is 13.6. The Morgan fingerprint density at radius 2 is 1.81 bits per heavy atom. The maximum absolute atomic E-state index is 5.85. The first-order valence-electron chi connectivity index (χ1n) is 7.92. The summed E-state index contributed by atoms with van der Waals surface area (Å²) < 4.78 is 5.85. The van der Waals surface area contributed by atoms with Crippen LogP contribution < -0.4 is 5.32 Å². The SMILES string of the molecule is CCCNC(c1ccc2ccccc2c1)C(C)(CC)OC. The lowest BCUT2D eigenvalue weighted by Gasteiger charge is -2.37. The number of rotatable bonds is 7. The van der Waals surface area contributed by atoms with E-state index in [1.807, 2.05) is 7.11 Å². The number of benzene rings is 2. The number of hydrogen-bond donors (Lipinski definition) is 1. The maximum atomic E-state index is 5.85. The average Bonchev–Trinajstić information content (AvgIpc) is 2.54. The molecule has 0 aliphatic carbocycles. The Morgan fingerprint density at radius 1 is 1.10 bits per heavy atom. The molecule has 0 bridgehead atoms. The van der Waals surface area contributed by atoms with Gasteiger partial charge in [-0.15, -0.1) is 0 Å². The van der Waals surface area contributed by atoms with E-state index in [2.05, 4.69) is 68.6 Å². The van der Waals surface area contributed by atoms with Crippen molar-refractivity contribution in [1.29, 1.82) is 0 Å². The normalized spacial score (nSPS) is 15.8. The zero-order chi connectivity index (χ0) is 15.3. The minimum Gasteiger partial charge on any atom is -0.377 e. The number of ether oxygens (including phenoxy) is 1. The Bertz CT molecular complexity index is 575. The van der Waals surface area contributed by atoms with Crippen molar-refractivity contribution in [1.82, 2.24) is 5.32 Å². The molecule has 0 saturated carbocycles. The highest BCUT2D eigenvalue weighted by atomic mass is 16.5. The summed E-state index contributed by atoms with van der Waals surface area (Å²) in [4.78, 5) is 0. The summed E-state index contributed by atoms with van der Waals surface area (Å²) in [6.07, 6.45) is 2.09. The van der Waals surface area contributed by atoms with Crippen molar-refractivity contribution in [2.45, 2.75) is 45.3 Å². The number of hydrogen-bond acceptors (Lipinski definition) is 2. The van der Waals surface area contributed by atoms with Crippen LogP contribution >= 0.6 is 0 Å². The fourth-order valence-electron chi connectivity index (χ4n) is 2.83. The summed E-state index contributed by atoms with van der Waals surface area (Å²) in [5.74, 6) is 0. The molecule has 0 aliphatic rings. The molecule has 0 spiro atoms. The summed E-state index contributed by atoms with van der Waals surface area (Å²) in [5, 5.41) is 6.24. The van der Waals surface area contributed by atoms with Crippen molar-refractivity contribution in [3.63, 3.8) is 0 Å². The first-order chi connectivity index (χ1) is 10.1. The zero-order valence-electron chi connectivity index (χ0n) is 13.6. The van der Waals surface area contributed by atoms with Crippen LogP contribution in [0.1, 0.15) is 45.2 Å². The molecule has 2 rings (SSSR count). The highest BCUT2D eigenvalue weighted by Gasteiger charge is 2.33. The van der Waals surface area contributed by atoms with Crippen molar-refractivity contribution in [2.24, 2.45) is 0 Å². The van der Waals surface area contributed by atoms with Gasteiger partial charge in [0.15, 0.2) is 0 Å². The first kappa shape index (κ1) is 16.0. The predicted molar refractivity (Wildman–Crippen MR) is 90.7 cm³/mol. The molecule has 0 heterocycles. The minimum absolute atomic E-state index is 0.197. The molecule has 0 saturated heterocycles. The van der Waals surface area contributed by atoms with Crippen LogP contribution in [-0.4, -0.2) is 19.3 Å². The Morgan fingerprint density at radius 3 is 2.43 bits per heavy atom. The van der Waals surface area contributed by atoms with E-state index in [1.165, 1.54) is 16.3 Å². The van der Waals surface area contributed by atoms with Crippen LogP contribution in [-0.2, 0) is 4.74 Å². The van der Waals surface area contributed by atoms with Gasteiger partial charge in [0, 0.05) is 7.11 Å². The lowest BCUT2D eigenvalue weighted by atomic mass is 9.86. The van der Waals surface area contributed by atoms with Gasteiger partial charge in [0.1, 0.15) is 0 Å². The van der Waals surface area contributed by atoms with Gasteiger partial charge in [-0.1, -0.05) is 50.2 Å². The van der Waals surface area contributed by atoms with Gasteiger partial charge in [-0.05, 0) is 48.7 Å². The number of fused-ring (bicyclic) bond motifs is 1. The summed E-state index contributed by atoms with van der Waals surface area (Å²) in [7, 11) is 1.81. The van der Waals surface area contributed by atoms with E-state index < -0.39 is 0 Å². The van der Waals surface area contributed by atoms with Crippen molar-refractivity contribution in [3.8, 4) is 0 Å². The third-order valence-corrected chi connectivity index (χ3v) is 4.48. The highest BCUT2D eigenvalue weighted by Crippen LogP contribution is 2.33. The molecule has 0 aromatic heterocycles. The van der Waals surface area contributed by atoms with Crippen LogP contribution in [0.2, 0.25) is 0 Å². The molecular formula is C19H27NO. The third kappa shape index (κ3) is 3.45. The lowest BCUT2D eigenvalue weighted by molar-refractivity contribution is -0.0299. The van der Waals surface area contributed by atoms with E-state index >= 15 is 0 Å². The van der Waals surface area contributed by atoms with Crippen molar-refractivity contribution < 1.29 is 4.74 Å². The second-order valence-electron chi connectivity index (χ2n) is 5.86. The maximum Gasteiger partial charge on any atom is 0.0841 e. The smallest absolute Gasteiger partial charge is 0.0841 e. The van der Waals surface area contributed by atoms with E-state index in [0.29, 0.717) is 0 Å². The third-order valence-electron chi connectivity index (χ3n) is 4.48. The van der Waals surface area contributed by atoms with E-state index in [9.17, 15) is 0 Å². The van der Waals surface area contributed by atoms with Gasteiger partial charge < -0.3 is 10.1 Å². The molecule has 0 radical (unpaired) electrons. The van der Waals surface area contributed by atoms with Crippen LogP contribution in [0.3, 0.4) is 0 Å². The van der Waals surface area contributed by atoms with Gasteiger partial charge in [0.25, 0.3) is 0 Å². The van der Waals surface area contributed by atoms with Crippen molar-refractivity contribution >= 4 is 10.8 Å². The number of methoxy groups -OCH3 is 1. The molecule has 2 heteroatoms. The van der Waals surface area contributed by atoms with Gasteiger partial charge in [0.2, 0.25) is 0 Å². The van der Waals surface area contributed by atoms with Gasteiger partial charge in [-0.2, -0.15) is 0 Å². The molecule has 0 aliphatic heterocycles. The van der Waals surface area contributed by atoms with E-state index in [0.717, 1.165) is 19.4 Å². The topological polar surface area (TPSA) is 21.3 Å². The fraction of sp³-hybridized carbons (Fsp3) is 0.474. The summed E-state index contributed by atoms with van der Waals surface area (Å²) in [5.41, 5.74) is 1.10. The standard InChI is InChI=1S/C19H27NO/c1-5-13-20-18(19(3,6-2)21-4)17-12-11-15-9-7-8-10-16(15)14-17/h7-12,14,18,20H,5-6,13H2,1-4H3. The molecule has 114 valence electrons. The lowest BCUT2D eigenvalue weighted by Crippen LogP contribution is -2.43. The predicted octanol–water partition coefficient (Wildman–Crippen LogP) is 4.70. The molecule has 0 fully saturated rings. The van der Waals surface area contributed by atoms with Gasteiger partial charge >= 0.3 is 0 Å². The summed E-state index contributed by atoms with van der Waals surface area (Å²) in [6, 6.07) is 15.4. The molecule has 21 heavy (non-hydrogen) atoms. The summed E-state index contributed by atoms with van der Waals surface area (Å²) >= 11 is 0. The Labute approximate surface area is 128 Å². The largest absolute Gasteiger partial charge is 0.377 e. The second-order valence-corrected chi connectivity index (χ2v) is 5.86. The van der Waals surface area contributed by atoms with Crippen LogP contribution in [0.5, 0.6) is 0 Å². The monoisotopic (exact) mass is 285 g/mol. The molecule has 2 aromatic carbocycles. The molecule has 2 aromatic rings. The Balaban J connectivity index is 2.42. The van der Waals surface area contributed by atoms with Crippen molar-refractivity contribution in [3.05, 3.63) is 48.0 Å². The van der Waals surface area contributed by atoms with Crippen LogP contribution in [0.15, 0.2) is 42.5 Å². The molecule has 0 amide bonds. The van der Waals surface area contributed by atoms with E-state index in [4.69, 9.17) is 4.74 Å². The Kier molecular flexibility index (Phi) is 5.38. The average molecular weight is 285 g/mol. The molecular weight excluding hydrogens is 258 g/mol. The quantitative estimate of drug-likeness (QED) is 0.796. The molecule has 2 unspecified atom stereocenters. The molecule has 2 atom stereocenters. The highest BCUT2D eigenvalue weighted by molar-refractivity contribution is 5.83. The fourth-order valence-corrected chi connectivity index (χ4v) is 2.83. The van der Waals surface area contributed by atoms with E-state index in [1.54, 1.807) is 0 Å². The molecule has 2 nitrogen and oxygen atoms in total. The van der Waals surface area contributed by atoms with Gasteiger partial charge in [-0.3, -0.25) is 0 Å². The van der Waals surface area contributed by atoms with Crippen LogP contribution in [0.25, 0.3) is 10.8 Å².